The minimum atomic E-state index is -3.99. The first kappa shape index (κ1) is 23.8. The molecule has 0 bridgehead atoms. The minimum Gasteiger partial charge on any atom is -0.493 e. The molecule has 1 aromatic heterocycles. The fourth-order valence-electron chi connectivity index (χ4n) is 3.85. The summed E-state index contributed by atoms with van der Waals surface area (Å²) in [5, 5.41) is 3.30. The second-order valence-corrected chi connectivity index (χ2v) is 10.3. The lowest BCUT2D eigenvalue weighted by atomic mass is 10.0. The minimum absolute atomic E-state index is 0.0275. The second-order valence-electron chi connectivity index (χ2n) is 8.03. The van der Waals surface area contributed by atoms with Gasteiger partial charge >= 0.3 is 0 Å². The molecule has 0 atom stereocenters. The molecule has 33 heavy (non-hydrogen) atoms. The number of nitrogens with zero attached hydrogens (tertiary/aromatic N) is 1. The average Bonchev–Trinajstić information content (AvgIpc) is 3.23. The molecule has 2 aromatic carbocycles. The quantitative estimate of drug-likeness (QED) is 0.493. The van der Waals surface area contributed by atoms with Crippen molar-refractivity contribution in [2.45, 2.75) is 24.3 Å². The van der Waals surface area contributed by atoms with Crippen LogP contribution in [0.2, 0.25) is 5.02 Å². The zero-order valence-corrected chi connectivity index (χ0v) is 19.8. The third-order valence-corrected chi connectivity index (χ3v) is 7.52. The standard InChI is InChI=1S/C24H26ClFN2O4S/c1-27-14-18-11-24(28(15-18)33(29,30)21-4-2-3-19(25)12-21)22-6-5-20(13-23(22)26)32-16-17-7-9-31-10-8-17/h2-6,11-13,15,17,27H,7-10,14,16H2,1H3. The van der Waals surface area contributed by atoms with E-state index in [1.165, 1.54) is 24.4 Å². The molecular formula is C24H26ClFN2O4S. The van der Waals surface area contributed by atoms with Crippen LogP contribution >= 0.6 is 11.6 Å². The van der Waals surface area contributed by atoms with Crippen LogP contribution in [0.25, 0.3) is 11.3 Å². The van der Waals surface area contributed by atoms with E-state index in [4.69, 9.17) is 21.1 Å². The smallest absolute Gasteiger partial charge is 0.268 e. The van der Waals surface area contributed by atoms with Crippen molar-refractivity contribution in [3.05, 3.63) is 71.1 Å². The van der Waals surface area contributed by atoms with E-state index in [2.05, 4.69) is 5.32 Å². The van der Waals surface area contributed by atoms with E-state index < -0.39 is 15.8 Å². The van der Waals surface area contributed by atoms with Crippen molar-refractivity contribution in [3.8, 4) is 17.0 Å². The summed E-state index contributed by atoms with van der Waals surface area (Å²) in [6, 6.07) is 12.2. The summed E-state index contributed by atoms with van der Waals surface area (Å²) >= 11 is 6.01. The Kier molecular flexibility index (Phi) is 7.38. The Morgan fingerprint density at radius 2 is 1.97 bits per heavy atom. The molecule has 0 spiro atoms. The summed E-state index contributed by atoms with van der Waals surface area (Å²) in [6.45, 7) is 2.36. The number of benzene rings is 2. The molecule has 6 nitrogen and oxygen atoms in total. The number of aromatic nitrogens is 1. The molecule has 1 fully saturated rings. The molecule has 1 aliphatic rings. The van der Waals surface area contributed by atoms with E-state index in [0.717, 1.165) is 16.8 Å². The van der Waals surface area contributed by atoms with Gasteiger partial charge in [-0.3, -0.25) is 0 Å². The van der Waals surface area contributed by atoms with Crippen molar-refractivity contribution in [2.75, 3.05) is 26.9 Å². The fourth-order valence-corrected chi connectivity index (χ4v) is 5.55. The molecule has 2 heterocycles. The zero-order valence-electron chi connectivity index (χ0n) is 18.3. The van der Waals surface area contributed by atoms with Crippen molar-refractivity contribution >= 4 is 21.6 Å². The normalized spacial score (nSPS) is 15.0. The average molecular weight is 493 g/mol. The van der Waals surface area contributed by atoms with E-state index in [9.17, 15) is 8.42 Å². The maximum absolute atomic E-state index is 15.2. The third kappa shape index (κ3) is 5.41. The summed E-state index contributed by atoms with van der Waals surface area (Å²) in [5.74, 6) is 0.232. The van der Waals surface area contributed by atoms with Gasteiger partial charge in [-0.25, -0.2) is 16.8 Å². The lowest BCUT2D eigenvalue weighted by molar-refractivity contribution is 0.0497. The van der Waals surface area contributed by atoms with Crippen LogP contribution in [0, 0.1) is 11.7 Å². The van der Waals surface area contributed by atoms with Crippen molar-refractivity contribution < 1.29 is 22.3 Å². The molecule has 0 aliphatic carbocycles. The monoisotopic (exact) mass is 492 g/mol. The summed E-state index contributed by atoms with van der Waals surface area (Å²) in [4.78, 5) is 0.0275. The van der Waals surface area contributed by atoms with Crippen LogP contribution in [-0.2, 0) is 21.3 Å². The van der Waals surface area contributed by atoms with E-state index in [-0.39, 0.29) is 16.2 Å². The zero-order chi connectivity index (χ0) is 23.4. The van der Waals surface area contributed by atoms with Crippen LogP contribution in [-0.4, -0.2) is 39.3 Å². The van der Waals surface area contributed by atoms with Gasteiger partial charge in [0.25, 0.3) is 10.0 Å². The molecule has 9 heteroatoms. The number of nitrogens with one attached hydrogen (secondary N) is 1. The Bertz CT molecular complexity index is 1220. The number of hydrogen-bond donors (Lipinski definition) is 1. The molecule has 1 N–H and O–H groups in total. The van der Waals surface area contributed by atoms with Crippen molar-refractivity contribution in [1.82, 2.24) is 9.29 Å². The maximum Gasteiger partial charge on any atom is 0.268 e. The molecule has 0 saturated carbocycles. The molecule has 0 amide bonds. The van der Waals surface area contributed by atoms with Crippen LogP contribution in [0.4, 0.5) is 4.39 Å². The predicted molar refractivity (Wildman–Crippen MR) is 126 cm³/mol. The van der Waals surface area contributed by atoms with Crippen molar-refractivity contribution in [3.63, 3.8) is 0 Å². The first-order chi connectivity index (χ1) is 15.9. The Morgan fingerprint density at radius 3 is 2.67 bits per heavy atom. The topological polar surface area (TPSA) is 69.6 Å². The van der Waals surface area contributed by atoms with Crippen LogP contribution in [0.3, 0.4) is 0 Å². The first-order valence-corrected chi connectivity index (χ1v) is 12.6. The summed E-state index contributed by atoms with van der Waals surface area (Å²) < 4.78 is 54.2. The van der Waals surface area contributed by atoms with Gasteiger partial charge in [-0.05, 0) is 67.8 Å². The van der Waals surface area contributed by atoms with Crippen LogP contribution in [0.5, 0.6) is 5.75 Å². The van der Waals surface area contributed by atoms with Gasteiger partial charge < -0.3 is 14.8 Å². The number of hydrogen-bond acceptors (Lipinski definition) is 5. The van der Waals surface area contributed by atoms with Gasteiger partial charge in [0.1, 0.15) is 11.6 Å². The molecule has 3 aromatic rings. The molecule has 176 valence electrons. The maximum atomic E-state index is 15.2. The number of rotatable bonds is 8. The van der Waals surface area contributed by atoms with E-state index in [1.54, 1.807) is 37.4 Å². The molecular weight excluding hydrogens is 467 g/mol. The predicted octanol–water partition coefficient (Wildman–Crippen LogP) is 4.71. The number of ether oxygens (including phenoxy) is 2. The van der Waals surface area contributed by atoms with Crippen LogP contribution in [0.1, 0.15) is 18.4 Å². The van der Waals surface area contributed by atoms with Gasteiger partial charge in [0.2, 0.25) is 0 Å². The van der Waals surface area contributed by atoms with Gasteiger partial charge in [-0.15, -0.1) is 0 Å². The summed E-state index contributed by atoms with van der Waals surface area (Å²) in [7, 11) is -2.24. The molecule has 0 radical (unpaired) electrons. The first-order valence-electron chi connectivity index (χ1n) is 10.8. The molecule has 4 rings (SSSR count). The summed E-state index contributed by atoms with van der Waals surface area (Å²) in [5.41, 5.74) is 1.10. The third-order valence-electron chi connectivity index (χ3n) is 5.62. The summed E-state index contributed by atoms with van der Waals surface area (Å²) in [6.07, 6.45) is 3.34. The Labute approximate surface area is 198 Å². The lowest BCUT2D eigenvalue weighted by Gasteiger charge is -2.22. The SMILES string of the molecule is CNCc1cc(-c2ccc(OCC3CCOCC3)cc2F)n(S(=O)(=O)c2cccc(Cl)c2)c1. The molecule has 1 saturated heterocycles. The van der Waals surface area contributed by atoms with Gasteiger partial charge in [-0.2, -0.15) is 0 Å². The lowest BCUT2D eigenvalue weighted by Crippen LogP contribution is -2.21. The van der Waals surface area contributed by atoms with Crippen molar-refractivity contribution in [2.24, 2.45) is 5.92 Å². The van der Waals surface area contributed by atoms with Crippen LogP contribution < -0.4 is 10.1 Å². The van der Waals surface area contributed by atoms with E-state index >= 15 is 4.39 Å². The Hall–Kier alpha value is -2.39. The highest BCUT2D eigenvalue weighted by atomic mass is 35.5. The van der Waals surface area contributed by atoms with Crippen molar-refractivity contribution in [1.29, 1.82) is 0 Å². The van der Waals surface area contributed by atoms with Gasteiger partial charge in [0.15, 0.2) is 0 Å². The Morgan fingerprint density at radius 1 is 1.18 bits per heavy atom. The highest BCUT2D eigenvalue weighted by Gasteiger charge is 2.24. The van der Waals surface area contributed by atoms with E-state index in [1.807, 2.05) is 0 Å². The molecule has 1 aliphatic heterocycles. The Balaban J connectivity index is 1.66. The fraction of sp³-hybridized carbons (Fsp3) is 0.333. The second kappa shape index (κ2) is 10.3. The van der Waals surface area contributed by atoms with Gasteiger partial charge in [0, 0.05) is 42.6 Å². The highest BCUT2D eigenvalue weighted by molar-refractivity contribution is 7.90. The van der Waals surface area contributed by atoms with Crippen LogP contribution in [0.15, 0.2) is 59.6 Å². The van der Waals surface area contributed by atoms with E-state index in [0.29, 0.717) is 48.6 Å². The molecule has 0 unspecified atom stereocenters. The number of halogens is 2. The van der Waals surface area contributed by atoms with Gasteiger partial charge in [-0.1, -0.05) is 17.7 Å². The highest BCUT2D eigenvalue weighted by Crippen LogP contribution is 2.32. The van der Waals surface area contributed by atoms with Gasteiger partial charge in [0.05, 0.1) is 17.2 Å². The largest absolute Gasteiger partial charge is 0.493 e.